The van der Waals surface area contributed by atoms with Crippen molar-refractivity contribution in [2.24, 2.45) is 0 Å². The Bertz CT molecular complexity index is 2940. The molecule has 0 N–H and O–H groups in total. The van der Waals surface area contributed by atoms with Crippen molar-refractivity contribution in [3.8, 4) is 33.4 Å². The Morgan fingerprint density at radius 3 is 1.44 bits per heavy atom. The van der Waals surface area contributed by atoms with Crippen LogP contribution in [0.1, 0.15) is 22.3 Å². The van der Waals surface area contributed by atoms with Gasteiger partial charge in [0.15, 0.2) is 0 Å². The molecule has 0 amide bonds. The number of rotatable bonds is 7. The first-order valence-corrected chi connectivity index (χ1v) is 19.6. The van der Waals surface area contributed by atoms with Crippen LogP contribution in [0.5, 0.6) is 0 Å². The number of hydrogen-bond acceptors (Lipinski definition) is 2. The minimum absolute atomic E-state index is 0.588. The Morgan fingerprint density at radius 1 is 0.368 bits per heavy atom. The number of fused-ring (bicyclic) bond motifs is 6. The quantitative estimate of drug-likeness (QED) is 0.163. The van der Waals surface area contributed by atoms with Crippen LogP contribution in [0.3, 0.4) is 0 Å². The molecule has 10 aromatic rings. The van der Waals surface area contributed by atoms with Gasteiger partial charge in [0.05, 0.1) is 16.5 Å². The van der Waals surface area contributed by atoms with E-state index in [0.717, 1.165) is 55.7 Å². The van der Waals surface area contributed by atoms with Crippen LogP contribution in [0.25, 0.3) is 55.3 Å². The molecule has 268 valence electrons. The molecule has 9 aromatic carbocycles. The molecule has 11 rings (SSSR count). The first-order valence-electron chi connectivity index (χ1n) is 19.6. The lowest BCUT2D eigenvalue weighted by atomic mass is 9.67. The number of hydrogen-bond donors (Lipinski definition) is 0. The second-order valence-corrected chi connectivity index (χ2v) is 14.8. The Kier molecular flexibility index (Phi) is 7.75. The van der Waals surface area contributed by atoms with Gasteiger partial charge >= 0.3 is 0 Å². The van der Waals surface area contributed by atoms with Crippen molar-refractivity contribution in [2.45, 2.75) is 5.41 Å². The van der Waals surface area contributed by atoms with Gasteiger partial charge in [-0.15, -0.1) is 0 Å². The normalized spacial score (nSPS) is 12.7. The third-order valence-electron chi connectivity index (χ3n) is 11.7. The number of furan rings is 1. The lowest BCUT2D eigenvalue weighted by Crippen LogP contribution is -2.28. The summed E-state index contributed by atoms with van der Waals surface area (Å²) in [6.07, 6.45) is 0. The Balaban J connectivity index is 1.19. The van der Waals surface area contributed by atoms with E-state index in [4.69, 9.17) is 4.42 Å². The van der Waals surface area contributed by atoms with Gasteiger partial charge in [0.1, 0.15) is 11.2 Å². The van der Waals surface area contributed by atoms with E-state index in [9.17, 15) is 0 Å². The summed E-state index contributed by atoms with van der Waals surface area (Å²) in [4.78, 5) is 2.40. The highest BCUT2D eigenvalue weighted by Crippen LogP contribution is 2.58. The third kappa shape index (κ3) is 5.18. The Hall–Kier alpha value is -7.42. The molecular formula is C55H37NO. The standard InChI is InChI=1S/C55H37NO/c1-4-18-38(19-5-1)40-22-14-26-43(36-40)56(44-27-15-23-41(37-44)39-20-6-2-7-21-39)51-34-17-35-52-53(51)47-30-16-33-50(54(47)57-52)55(42-24-8-3-9-25-42)48-31-12-10-28-45(48)46-29-11-13-32-49(46)55/h1-37H. The fraction of sp³-hybridized carbons (Fsp3) is 0.0182. The molecule has 0 unspecified atom stereocenters. The van der Waals surface area contributed by atoms with Crippen LogP contribution in [0.15, 0.2) is 229 Å². The highest BCUT2D eigenvalue weighted by Gasteiger charge is 2.47. The highest BCUT2D eigenvalue weighted by molar-refractivity contribution is 6.15. The van der Waals surface area contributed by atoms with Crippen molar-refractivity contribution >= 4 is 39.0 Å². The zero-order valence-electron chi connectivity index (χ0n) is 31.2. The molecule has 57 heavy (non-hydrogen) atoms. The van der Waals surface area contributed by atoms with Gasteiger partial charge in [0, 0.05) is 22.3 Å². The van der Waals surface area contributed by atoms with Crippen molar-refractivity contribution in [3.63, 3.8) is 0 Å². The summed E-state index contributed by atoms with van der Waals surface area (Å²) in [7, 11) is 0. The van der Waals surface area contributed by atoms with E-state index in [2.05, 4.69) is 229 Å². The molecule has 0 saturated carbocycles. The molecule has 0 fully saturated rings. The predicted molar refractivity (Wildman–Crippen MR) is 237 cm³/mol. The lowest BCUT2D eigenvalue weighted by molar-refractivity contribution is 0.648. The van der Waals surface area contributed by atoms with E-state index in [-0.39, 0.29) is 0 Å². The van der Waals surface area contributed by atoms with Crippen LogP contribution in [-0.2, 0) is 5.41 Å². The van der Waals surface area contributed by atoms with E-state index in [0.29, 0.717) is 0 Å². The molecule has 2 nitrogen and oxygen atoms in total. The molecule has 1 heterocycles. The molecule has 1 aliphatic rings. The van der Waals surface area contributed by atoms with E-state index in [1.165, 1.54) is 38.9 Å². The zero-order valence-corrected chi connectivity index (χ0v) is 31.2. The van der Waals surface area contributed by atoms with Gasteiger partial charge < -0.3 is 9.32 Å². The van der Waals surface area contributed by atoms with Crippen molar-refractivity contribution < 1.29 is 4.42 Å². The third-order valence-corrected chi connectivity index (χ3v) is 11.7. The summed E-state index contributed by atoms with van der Waals surface area (Å²) in [6.45, 7) is 0. The minimum atomic E-state index is -0.588. The van der Waals surface area contributed by atoms with Crippen molar-refractivity contribution in [2.75, 3.05) is 4.90 Å². The first kappa shape index (κ1) is 33.0. The van der Waals surface area contributed by atoms with Crippen molar-refractivity contribution in [1.82, 2.24) is 0 Å². The van der Waals surface area contributed by atoms with Crippen LogP contribution in [0, 0.1) is 0 Å². The minimum Gasteiger partial charge on any atom is -0.456 e. The average Bonchev–Trinajstić information content (AvgIpc) is 3.82. The van der Waals surface area contributed by atoms with E-state index in [1.54, 1.807) is 0 Å². The molecule has 0 aliphatic heterocycles. The fourth-order valence-electron chi connectivity index (χ4n) is 9.33. The molecule has 0 atom stereocenters. The molecule has 1 aromatic heterocycles. The van der Waals surface area contributed by atoms with E-state index < -0.39 is 5.41 Å². The Labute approximate surface area is 332 Å². The molecular weight excluding hydrogens is 691 g/mol. The molecule has 0 bridgehead atoms. The molecule has 1 aliphatic carbocycles. The van der Waals surface area contributed by atoms with Gasteiger partial charge in [-0.25, -0.2) is 0 Å². The summed E-state index contributed by atoms with van der Waals surface area (Å²) >= 11 is 0. The van der Waals surface area contributed by atoms with Gasteiger partial charge in [0.25, 0.3) is 0 Å². The van der Waals surface area contributed by atoms with Crippen LogP contribution in [0.2, 0.25) is 0 Å². The monoisotopic (exact) mass is 727 g/mol. The van der Waals surface area contributed by atoms with E-state index in [1.807, 2.05) is 0 Å². The summed E-state index contributed by atoms with van der Waals surface area (Å²) in [6, 6.07) is 80.9. The molecule has 0 saturated heterocycles. The van der Waals surface area contributed by atoms with Gasteiger partial charge in [-0.05, 0) is 86.5 Å². The summed E-state index contributed by atoms with van der Waals surface area (Å²) in [5, 5.41) is 2.16. The average molecular weight is 728 g/mol. The highest BCUT2D eigenvalue weighted by atomic mass is 16.3. The molecule has 2 heteroatoms. The second-order valence-electron chi connectivity index (χ2n) is 14.8. The summed E-state index contributed by atoms with van der Waals surface area (Å²) in [5.74, 6) is 0. The maximum Gasteiger partial charge on any atom is 0.140 e. The van der Waals surface area contributed by atoms with Crippen LogP contribution in [0.4, 0.5) is 17.1 Å². The maximum atomic E-state index is 7.19. The number of nitrogens with zero attached hydrogens (tertiary/aromatic N) is 1. The summed E-state index contributed by atoms with van der Waals surface area (Å²) < 4.78 is 7.19. The first-order chi connectivity index (χ1) is 28.3. The Morgan fingerprint density at radius 2 is 0.842 bits per heavy atom. The molecule has 0 radical (unpaired) electrons. The fourth-order valence-corrected chi connectivity index (χ4v) is 9.33. The van der Waals surface area contributed by atoms with Crippen molar-refractivity contribution in [3.05, 3.63) is 247 Å². The van der Waals surface area contributed by atoms with E-state index >= 15 is 0 Å². The number of benzene rings is 9. The van der Waals surface area contributed by atoms with Gasteiger partial charge in [-0.1, -0.05) is 188 Å². The SMILES string of the molecule is c1ccc(-c2cccc(N(c3cccc(-c4ccccc4)c3)c3cccc4oc5c(C6(c7ccccc7)c7ccccc7-c7ccccc76)cccc5c34)c2)cc1. The summed E-state index contributed by atoms with van der Waals surface area (Å²) in [5.41, 5.74) is 16.4. The second kappa shape index (κ2) is 13.4. The van der Waals surface area contributed by atoms with Gasteiger partial charge in [-0.2, -0.15) is 0 Å². The maximum absolute atomic E-state index is 7.19. The van der Waals surface area contributed by atoms with Crippen LogP contribution < -0.4 is 4.90 Å². The van der Waals surface area contributed by atoms with Crippen LogP contribution in [-0.4, -0.2) is 0 Å². The smallest absolute Gasteiger partial charge is 0.140 e. The van der Waals surface area contributed by atoms with Gasteiger partial charge in [-0.3, -0.25) is 0 Å². The molecule has 0 spiro atoms. The zero-order chi connectivity index (χ0) is 37.8. The van der Waals surface area contributed by atoms with Crippen LogP contribution >= 0.6 is 0 Å². The number of para-hydroxylation sites is 1. The number of anilines is 3. The predicted octanol–water partition coefficient (Wildman–Crippen LogP) is 14.8. The lowest BCUT2D eigenvalue weighted by Gasteiger charge is -2.33. The topological polar surface area (TPSA) is 16.4 Å². The van der Waals surface area contributed by atoms with Gasteiger partial charge in [0.2, 0.25) is 0 Å². The van der Waals surface area contributed by atoms with Crippen molar-refractivity contribution in [1.29, 1.82) is 0 Å². The largest absolute Gasteiger partial charge is 0.456 e.